The van der Waals surface area contributed by atoms with Crippen LogP contribution < -0.4 is 5.73 Å². The zero-order chi connectivity index (χ0) is 16.1. The van der Waals surface area contributed by atoms with E-state index < -0.39 is 0 Å². The highest BCUT2D eigenvalue weighted by Crippen LogP contribution is 2.26. The van der Waals surface area contributed by atoms with Gasteiger partial charge in [-0.25, -0.2) is 0 Å². The molecular formula is C16H34N2O3. The Balaban J connectivity index is 4.27. The van der Waals surface area contributed by atoms with Gasteiger partial charge in [0.05, 0.1) is 13.2 Å². The second kappa shape index (κ2) is 12.0. The molecule has 0 aliphatic rings. The molecule has 0 rings (SSSR count). The van der Waals surface area contributed by atoms with Crippen LogP contribution in [0.1, 0.15) is 47.0 Å². The van der Waals surface area contributed by atoms with Crippen molar-refractivity contribution in [2.45, 2.75) is 47.0 Å². The summed E-state index contributed by atoms with van der Waals surface area (Å²) in [5, 5.41) is 0. The first kappa shape index (κ1) is 20.3. The Hall–Kier alpha value is -0.650. The van der Waals surface area contributed by atoms with Crippen LogP contribution in [0.4, 0.5) is 0 Å². The van der Waals surface area contributed by atoms with Gasteiger partial charge < -0.3 is 20.1 Å². The van der Waals surface area contributed by atoms with Crippen LogP contribution in [0.3, 0.4) is 0 Å². The summed E-state index contributed by atoms with van der Waals surface area (Å²) in [6.07, 6.45) is 2.37. The smallest absolute Gasteiger partial charge is 0.222 e. The zero-order valence-corrected chi connectivity index (χ0v) is 14.3. The summed E-state index contributed by atoms with van der Waals surface area (Å²) >= 11 is 0. The number of nitrogens with two attached hydrogens (primary N) is 1. The molecule has 0 heterocycles. The molecule has 5 nitrogen and oxygen atoms in total. The second-order valence-corrected chi connectivity index (χ2v) is 5.98. The number of ether oxygens (including phenoxy) is 2. The lowest BCUT2D eigenvalue weighted by Gasteiger charge is -2.27. The van der Waals surface area contributed by atoms with E-state index in [4.69, 9.17) is 15.2 Å². The maximum Gasteiger partial charge on any atom is 0.222 e. The minimum absolute atomic E-state index is 0.121. The Morgan fingerprint density at radius 1 is 1.05 bits per heavy atom. The fourth-order valence-electron chi connectivity index (χ4n) is 2.12. The van der Waals surface area contributed by atoms with Crippen LogP contribution in [0.5, 0.6) is 0 Å². The van der Waals surface area contributed by atoms with E-state index >= 15 is 0 Å². The van der Waals surface area contributed by atoms with Gasteiger partial charge in [-0.2, -0.15) is 0 Å². The van der Waals surface area contributed by atoms with E-state index in [2.05, 4.69) is 13.8 Å². The minimum Gasteiger partial charge on any atom is -0.380 e. The van der Waals surface area contributed by atoms with Crippen molar-refractivity contribution < 1.29 is 14.3 Å². The number of amides is 1. The van der Waals surface area contributed by atoms with Gasteiger partial charge in [0.1, 0.15) is 0 Å². The van der Waals surface area contributed by atoms with E-state index in [0.29, 0.717) is 52.5 Å². The van der Waals surface area contributed by atoms with Crippen LogP contribution in [-0.2, 0) is 14.3 Å². The molecule has 0 aliphatic heterocycles. The van der Waals surface area contributed by atoms with Crippen molar-refractivity contribution in [2.24, 2.45) is 11.1 Å². The highest BCUT2D eigenvalue weighted by Gasteiger charge is 2.20. The SMILES string of the molecule is CCOCCN(CCOCC)C(=O)CCC(C)(C)CCN. The molecule has 0 aliphatic carbocycles. The molecule has 0 radical (unpaired) electrons. The van der Waals surface area contributed by atoms with Crippen molar-refractivity contribution in [1.29, 1.82) is 0 Å². The third-order valence-corrected chi connectivity index (χ3v) is 3.61. The molecular weight excluding hydrogens is 268 g/mol. The van der Waals surface area contributed by atoms with Crippen LogP contribution in [0, 0.1) is 5.41 Å². The number of nitrogens with zero attached hydrogens (tertiary/aromatic N) is 1. The van der Waals surface area contributed by atoms with Crippen LogP contribution in [0.15, 0.2) is 0 Å². The first-order chi connectivity index (χ1) is 9.96. The summed E-state index contributed by atoms with van der Waals surface area (Å²) in [6, 6.07) is 0. The quantitative estimate of drug-likeness (QED) is 0.529. The predicted octanol–water partition coefficient (Wildman–Crippen LogP) is 2.04. The molecule has 0 fully saturated rings. The lowest BCUT2D eigenvalue weighted by molar-refractivity contribution is -0.133. The Labute approximate surface area is 130 Å². The number of carbonyl (C=O) groups is 1. The van der Waals surface area contributed by atoms with Gasteiger partial charge in [-0.1, -0.05) is 13.8 Å². The molecule has 0 bridgehead atoms. The van der Waals surface area contributed by atoms with Crippen LogP contribution in [0.2, 0.25) is 0 Å². The summed E-state index contributed by atoms with van der Waals surface area (Å²) in [4.78, 5) is 14.2. The number of carbonyl (C=O) groups excluding carboxylic acids is 1. The number of rotatable bonds is 13. The van der Waals surface area contributed by atoms with Crippen LogP contribution >= 0.6 is 0 Å². The predicted molar refractivity (Wildman–Crippen MR) is 86.3 cm³/mol. The van der Waals surface area contributed by atoms with Gasteiger partial charge in [-0.3, -0.25) is 4.79 Å². The highest BCUT2D eigenvalue weighted by atomic mass is 16.5. The Bertz CT molecular complexity index is 260. The van der Waals surface area contributed by atoms with E-state index in [1.165, 1.54) is 0 Å². The average Bonchev–Trinajstić information content (AvgIpc) is 2.43. The molecule has 1 amide bonds. The molecule has 5 heteroatoms. The third-order valence-electron chi connectivity index (χ3n) is 3.61. The average molecular weight is 302 g/mol. The van der Waals surface area contributed by atoms with E-state index in [9.17, 15) is 4.79 Å². The maximum atomic E-state index is 12.4. The van der Waals surface area contributed by atoms with Gasteiger partial charge in [-0.05, 0) is 38.6 Å². The van der Waals surface area contributed by atoms with Crippen molar-refractivity contribution in [3.8, 4) is 0 Å². The highest BCUT2D eigenvalue weighted by molar-refractivity contribution is 5.76. The molecule has 0 aromatic heterocycles. The Morgan fingerprint density at radius 2 is 1.57 bits per heavy atom. The topological polar surface area (TPSA) is 64.8 Å². The molecule has 0 saturated heterocycles. The fourth-order valence-corrected chi connectivity index (χ4v) is 2.12. The molecule has 0 unspecified atom stereocenters. The number of hydrogen-bond donors (Lipinski definition) is 1. The van der Waals surface area contributed by atoms with Crippen LogP contribution in [0.25, 0.3) is 0 Å². The Kier molecular flexibility index (Phi) is 11.6. The van der Waals surface area contributed by atoms with Crippen molar-refractivity contribution >= 4 is 5.91 Å². The van der Waals surface area contributed by atoms with Gasteiger partial charge in [0.2, 0.25) is 5.91 Å². The van der Waals surface area contributed by atoms with Crippen molar-refractivity contribution in [3.05, 3.63) is 0 Å². The van der Waals surface area contributed by atoms with Crippen molar-refractivity contribution in [1.82, 2.24) is 4.90 Å². The second-order valence-electron chi connectivity index (χ2n) is 5.98. The molecule has 0 saturated carbocycles. The minimum atomic E-state index is 0.121. The van der Waals surface area contributed by atoms with E-state index in [-0.39, 0.29) is 11.3 Å². The van der Waals surface area contributed by atoms with Gasteiger partial charge in [-0.15, -0.1) is 0 Å². The van der Waals surface area contributed by atoms with E-state index in [0.717, 1.165) is 12.8 Å². The molecule has 0 atom stereocenters. The van der Waals surface area contributed by atoms with Gasteiger partial charge in [0, 0.05) is 32.7 Å². The fraction of sp³-hybridized carbons (Fsp3) is 0.938. The maximum absolute atomic E-state index is 12.4. The molecule has 126 valence electrons. The molecule has 21 heavy (non-hydrogen) atoms. The lowest BCUT2D eigenvalue weighted by Crippen LogP contribution is -2.37. The van der Waals surface area contributed by atoms with Gasteiger partial charge in [0.15, 0.2) is 0 Å². The van der Waals surface area contributed by atoms with Gasteiger partial charge in [0.25, 0.3) is 0 Å². The van der Waals surface area contributed by atoms with E-state index in [1.54, 1.807) is 0 Å². The van der Waals surface area contributed by atoms with Gasteiger partial charge >= 0.3 is 0 Å². The van der Waals surface area contributed by atoms with Crippen LogP contribution in [-0.4, -0.2) is 56.9 Å². The van der Waals surface area contributed by atoms with Crippen molar-refractivity contribution in [3.63, 3.8) is 0 Å². The standard InChI is InChI=1S/C16H34N2O3/c1-5-20-13-11-18(12-14-21-6-2)15(19)7-8-16(3,4)9-10-17/h5-14,17H2,1-4H3. The van der Waals surface area contributed by atoms with E-state index in [1.807, 2.05) is 18.7 Å². The Morgan fingerprint density at radius 3 is 2.00 bits per heavy atom. The third kappa shape index (κ3) is 10.7. The summed E-state index contributed by atoms with van der Waals surface area (Å²) in [5.74, 6) is 0.180. The monoisotopic (exact) mass is 302 g/mol. The molecule has 2 N–H and O–H groups in total. The molecule has 0 aromatic rings. The molecule has 0 spiro atoms. The first-order valence-corrected chi connectivity index (χ1v) is 8.10. The molecule has 0 aromatic carbocycles. The van der Waals surface area contributed by atoms with Crippen molar-refractivity contribution in [2.75, 3.05) is 46.1 Å². The zero-order valence-electron chi connectivity index (χ0n) is 14.3. The first-order valence-electron chi connectivity index (χ1n) is 8.10. The normalized spacial score (nSPS) is 11.7. The largest absolute Gasteiger partial charge is 0.380 e. The summed E-state index contributed by atoms with van der Waals surface area (Å²) in [6.45, 7) is 12.7. The lowest BCUT2D eigenvalue weighted by atomic mass is 9.84. The summed E-state index contributed by atoms with van der Waals surface area (Å²) < 4.78 is 10.7. The summed E-state index contributed by atoms with van der Waals surface area (Å²) in [5.41, 5.74) is 5.74. The summed E-state index contributed by atoms with van der Waals surface area (Å²) in [7, 11) is 0. The number of hydrogen-bond acceptors (Lipinski definition) is 4.